The van der Waals surface area contributed by atoms with Crippen LogP contribution in [0.25, 0.3) is 0 Å². The molecule has 1 aliphatic carbocycles. The molecule has 0 radical (unpaired) electrons. The Balaban J connectivity index is 2.38. The van der Waals surface area contributed by atoms with Crippen molar-refractivity contribution in [3.63, 3.8) is 0 Å². The van der Waals surface area contributed by atoms with Crippen LogP contribution >= 0.6 is 11.6 Å². The minimum Gasteiger partial charge on any atom is -0.330 e. The van der Waals surface area contributed by atoms with Gasteiger partial charge in [0.25, 0.3) is 5.92 Å². The summed E-state index contributed by atoms with van der Waals surface area (Å²) in [4.78, 5) is 0. The van der Waals surface area contributed by atoms with Gasteiger partial charge >= 0.3 is 0 Å². The van der Waals surface area contributed by atoms with Crippen LogP contribution in [0, 0.1) is 0 Å². The van der Waals surface area contributed by atoms with Crippen LogP contribution in [0.2, 0.25) is 5.02 Å². The maximum atomic E-state index is 13.1. The Morgan fingerprint density at radius 1 is 1.44 bits per heavy atom. The molecule has 1 nitrogen and oxygen atoms in total. The zero-order valence-corrected chi connectivity index (χ0v) is 9.82. The molecule has 1 aromatic carbocycles. The lowest BCUT2D eigenvalue weighted by atomic mass is 9.94. The second-order valence-electron chi connectivity index (χ2n) is 4.57. The molecule has 1 fully saturated rings. The molecule has 1 aromatic rings. The summed E-state index contributed by atoms with van der Waals surface area (Å²) in [5, 5.41) is 0.405. The van der Waals surface area contributed by atoms with Crippen LogP contribution in [0.15, 0.2) is 18.2 Å². The molecule has 0 bridgehead atoms. The monoisotopic (exact) mass is 245 g/mol. The minimum absolute atomic E-state index is 0.0472. The maximum absolute atomic E-state index is 13.1. The van der Waals surface area contributed by atoms with Gasteiger partial charge in [-0.1, -0.05) is 23.7 Å². The maximum Gasteiger partial charge on any atom is 0.270 e. The first-order chi connectivity index (χ1) is 7.39. The van der Waals surface area contributed by atoms with Gasteiger partial charge in [0.2, 0.25) is 0 Å². The Kier molecular flexibility index (Phi) is 2.71. The molecule has 4 heteroatoms. The lowest BCUT2D eigenvalue weighted by molar-refractivity contribution is 0.0174. The summed E-state index contributed by atoms with van der Waals surface area (Å²) in [6, 6.07) is 4.48. The topological polar surface area (TPSA) is 26.0 Å². The first-order valence-corrected chi connectivity index (χ1v) is 5.65. The van der Waals surface area contributed by atoms with Crippen molar-refractivity contribution >= 4 is 11.6 Å². The van der Waals surface area contributed by atoms with E-state index in [0.717, 1.165) is 25.3 Å². The third-order valence-corrected chi connectivity index (χ3v) is 3.60. The molecule has 0 unspecified atom stereocenters. The van der Waals surface area contributed by atoms with Crippen LogP contribution in [-0.2, 0) is 11.3 Å². The van der Waals surface area contributed by atoms with Crippen LogP contribution < -0.4 is 5.73 Å². The molecular weight excluding hydrogens is 232 g/mol. The van der Waals surface area contributed by atoms with E-state index in [2.05, 4.69) is 0 Å². The third kappa shape index (κ3) is 1.94. The lowest BCUT2D eigenvalue weighted by Gasteiger charge is -2.17. The Hall–Kier alpha value is -0.670. The van der Waals surface area contributed by atoms with Crippen molar-refractivity contribution in [3.8, 4) is 0 Å². The molecule has 0 amide bonds. The first-order valence-electron chi connectivity index (χ1n) is 5.27. The molecule has 2 rings (SSSR count). The van der Waals surface area contributed by atoms with E-state index in [-0.39, 0.29) is 11.0 Å². The van der Waals surface area contributed by atoms with Crippen molar-refractivity contribution < 1.29 is 8.78 Å². The summed E-state index contributed by atoms with van der Waals surface area (Å²) in [5.41, 5.74) is 6.49. The van der Waals surface area contributed by atoms with Crippen molar-refractivity contribution in [2.75, 3.05) is 6.54 Å². The zero-order valence-electron chi connectivity index (χ0n) is 9.06. The van der Waals surface area contributed by atoms with E-state index in [9.17, 15) is 8.78 Å². The second-order valence-corrected chi connectivity index (χ2v) is 4.97. The van der Waals surface area contributed by atoms with E-state index >= 15 is 0 Å². The molecule has 0 saturated heterocycles. The highest BCUT2D eigenvalue weighted by atomic mass is 35.5. The highest BCUT2D eigenvalue weighted by molar-refractivity contribution is 6.31. The summed E-state index contributed by atoms with van der Waals surface area (Å²) in [7, 11) is 0. The molecule has 0 aliphatic heterocycles. The van der Waals surface area contributed by atoms with Gasteiger partial charge in [-0.05, 0) is 24.5 Å². The number of nitrogens with two attached hydrogens (primary N) is 1. The Morgan fingerprint density at radius 2 is 2.06 bits per heavy atom. The van der Waals surface area contributed by atoms with Crippen LogP contribution in [-0.4, -0.2) is 6.54 Å². The molecule has 0 spiro atoms. The minimum atomic E-state index is -2.85. The van der Waals surface area contributed by atoms with Crippen LogP contribution in [0.1, 0.15) is 30.9 Å². The average Bonchev–Trinajstić information content (AvgIpc) is 2.97. The lowest BCUT2D eigenvalue weighted by Crippen LogP contribution is -2.20. The summed E-state index contributed by atoms with van der Waals surface area (Å²) in [5.74, 6) is -2.85. The molecule has 1 aliphatic rings. The number of alkyl halides is 2. The van der Waals surface area contributed by atoms with Crippen molar-refractivity contribution in [1.29, 1.82) is 0 Å². The molecule has 0 heterocycles. The number of halogens is 3. The van der Waals surface area contributed by atoms with Gasteiger partial charge in [0.1, 0.15) is 0 Å². The summed E-state index contributed by atoms with van der Waals surface area (Å²) in [6.45, 7) is 1.39. The van der Waals surface area contributed by atoms with Gasteiger partial charge in [-0.25, -0.2) is 8.78 Å². The number of rotatable bonds is 3. The predicted molar refractivity (Wildman–Crippen MR) is 61.0 cm³/mol. The van der Waals surface area contributed by atoms with Gasteiger partial charge in [-0.3, -0.25) is 0 Å². The van der Waals surface area contributed by atoms with Crippen LogP contribution in [0.3, 0.4) is 0 Å². The largest absolute Gasteiger partial charge is 0.330 e. The van der Waals surface area contributed by atoms with Crippen molar-refractivity contribution in [3.05, 3.63) is 34.3 Å². The van der Waals surface area contributed by atoms with Gasteiger partial charge < -0.3 is 5.73 Å². The van der Waals surface area contributed by atoms with E-state index in [1.165, 1.54) is 12.1 Å². The van der Waals surface area contributed by atoms with Gasteiger partial charge in [0, 0.05) is 29.5 Å². The molecule has 0 aromatic heterocycles. The van der Waals surface area contributed by atoms with Gasteiger partial charge in [0.05, 0.1) is 0 Å². The molecule has 0 atom stereocenters. The highest BCUT2D eigenvalue weighted by Crippen LogP contribution is 2.50. The smallest absolute Gasteiger partial charge is 0.270 e. The van der Waals surface area contributed by atoms with Crippen LogP contribution in [0.5, 0.6) is 0 Å². The summed E-state index contributed by atoms with van der Waals surface area (Å²) in [6.07, 6.45) is 1.98. The molecule has 2 N–H and O–H groups in total. The SMILES string of the molecule is CC(F)(F)c1ccc(C2(CN)CC2)c(Cl)c1. The van der Waals surface area contributed by atoms with Crippen molar-refractivity contribution in [2.45, 2.75) is 31.1 Å². The van der Waals surface area contributed by atoms with Crippen LogP contribution in [0.4, 0.5) is 8.78 Å². The molecule has 1 saturated carbocycles. The molecule has 88 valence electrons. The Bertz CT molecular complexity index is 408. The van der Waals surface area contributed by atoms with E-state index in [1.54, 1.807) is 6.07 Å². The average molecular weight is 246 g/mol. The van der Waals surface area contributed by atoms with Gasteiger partial charge in [0.15, 0.2) is 0 Å². The van der Waals surface area contributed by atoms with E-state index in [1.807, 2.05) is 0 Å². The van der Waals surface area contributed by atoms with E-state index in [0.29, 0.717) is 11.6 Å². The third-order valence-electron chi connectivity index (χ3n) is 3.29. The van der Waals surface area contributed by atoms with Crippen molar-refractivity contribution in [1.82, 2.24) is 0 Å². The quantitative estimate of drug-likeness (QED) is 0.867. The summed E-state index contributed by atoms with van der Waals surface area (Å²) >= 11 is 6.05. The number of benzene rings is 1. The fourth-order valence-electron chi connectivity index (χ4n) is 1.95. The fraction of sp³-hybridized carbons (Fsp3) is 0.500. The Labute approximate surface area is 98.6 Å². The fourth-order valence-corrected chi connectivity index (χ4v) is 2.33. The van der Waals surface area contributed by atoms with Gasteiger partial charge in [-0.2, -0.15) is 0 Å². The summed E-state index contributed by atoms with van der Waals surface area (Å²) < 4.78 is 26.2. The molecular formula is C12H14ClF2N. The van der Waals surface area contributed by atoms with E-state index < -0.39 is 5.92 Å². The van der Waals surface area contributed by atoms with Gasteiger partial charge in [-0.15, -0.1) is 0 Å². The number of hydrogen-bond donors (Lipinski definition) is 1. The first kappa shape index (κ1) is 11.8. The highest BCUT2D eigenvalue weighted by Gasteiger charge is 2.44. The second kappa shape index (κ2) is 3.67. The van der Waals surface area contributed by atoms with E-state index in [4.69, 9.17) is 17.3 Å². The Morgan fingerprint density at radius 3 is 2.44 bits per heavy atom. The van der Waals surface area contributed by atoms with Crippen molar-refractivity contribution in [2.24, 2.45) is 5.73 Å². The normalized spacial score (nSPS) is 18.6. The predicted octanol–water partition coefficient (Wildman–Crippen LogP) is 3.44. The molecule has 16 heavy (non-hydrogen) atoms. The standard InChI is InChI=1S/C12H14ClF2N/c1-11(14,15)8-2-3-9(10(13)6-8)12(7-16)4-5-12/h2-3,6H,4-5,7,16H2,1H3. The number of hydrogen-bond acceptors (Lipinski definition) is 1. The zero-order chi connectivity index (χ0) is 12.0.